The number of rotatable bonds is 9. The Hall–Kier alpha value is -2.08. The Kier molecular flexibility index (Phi) is 8.87. The molecule has 0 aromatic heterocycles. The van der Waals surface area contributed by atoms with E-state index in [0.29, 0.717) is 6.04 Å². The third-order valence-electron chi connectivity index (χ3n) is 7.38. The summed E-state index contributed by atoms with van der Waals surface area (Å²) < 4.78 is 25.1. The molecule has 3 heterocycles. The second-order valence-electron chi connectivity index (χ2n) is 9.87. The van der Waals surface area contributed by atoms with Gasteiger partial charge in [0.05, 0.1) is 11.5 Å². The first-order valence-electron chi connectivity index (χ1n) is 12.9. The molecule has 0 unspecified atom stereocenters. The van der Waals surface area contributed by atoms with E-state index in [-0.39, 0.29) is 0 Å². The number of benzene rings is 1. The number of nitrogens with zero attached hydrogens (tertiary/aromatic N) is 5. The monoisotopic (exact) mass is 485 g/mol. The van der Waals surface area contributed by atoms with Crippen molar-refractivity contribution in [2.75, 3.05) is 58.1 Å². The van der Waals surface area contributed by atoms with Crippen molar-refractivity contribution in [2.45, 2.75) is 51.1 Å². The van der Waals surface area contributed by atoms with Crippen molar-refractivity contribution in [1.29, 1.82) is 5.26 Å². The van der Waals surface area contributed by atoms with E-state index in [1.54, 1.807) is 0 Å². The quantitative estimate of drug-likeness (QED) is 0.533. The van der Waals surface area contributed by atoms with Gasteiger partial charge in [-0.15, -0.1) is 0 Å². The zero-order chi connectivity index (χ0) is 23.8. The highest BCUT2D eigenvalue weighted by molar-refractivity contribution is 7.94. The van der Waals surface area contributed by atoms with Gasteiger partial charge in [0, 0.05) is 45.3 Å². The van der Waals surface area contributed by atoms with Gasteiger partial charge in [-0.2, -0.15) is 5.26 Å². The van der Waals surface area contributed by atoms with Gasteiger partial charge in [0.2, 0.25) is 0 Å². The summed E-state index contributed by atoms with van der Waals surface area (Å²) in [6, 6.07) is 12.8. The lowest BCUT2D eigenvalue weighted by molar-refractivity contribution is 0.133. The van der Waals surface area contributed by atoms with Gasteiger partial charge in [-0.25, -0.2) is 8.42 Å². The molecule has 3 saturated heterocycles. The molecular formula is C26H39N5O2S. The summed E-state index contributed by atoms with van der Waals surface area (Å²) in [5, 5.41) is 10.4. The molecule has 0 spiro atoms. The van der Waals surface area contributed by atoms with E-state index in [4.69, 9.17) is 5.26 Å². The molecule has 7 nitrogen and oxygen atoms in total. The Bertz CT molecular complexity index is 945. The van der Waals surface area contributed by atoms with Crippen LogP contribution in [-0.4, -0.2) is 92.2 Å². The Morgan fingerprint density at radius 3 is 2.35 bits per heavy atom. The highest BCUT2D eigenvalue weighted by Crippen LogP contribution is 2.28. The third-order valence-corrected chi connectivity index (χ3v) is 8.48. The summed E-state index contributed by atoms with van der Waals surface area (Å²) in [7, 11) is -3.54. The van der Waals surface area contributed by atoms with Crippen molar-refractivity contribution in [3.8, 4) is 6.07 Å². The first kappa shape index (κ1) is 25.0. The fourth-order valence-corrected chi connectivity index (χ4v) is 6.44. The van der Waals surface area contributed by atoms with E-state index in [1.165, 1.54) is 43.3 Å². The predicted octanol–water partition coefficient (Wildman–Crippen LogP) is 2.88. The summed E-state index contributed by atoms with van der Waals surface area (Å²) >= 11 is 0. The van der Waals surface area contributed by atoms with E-state index in [2.05, 4.69) is 49.9 Å². The third kappa shape index (κ3) is 6.97. The number of hydrogen-bond donors (Lipinski definition) is 0. The van der Waals surface area contributed by atoms with Crippen LogP contribution in [0.15, 0.2) is 41.6 Å². The van der Waals surface area contributed by atoms with Crippen LogP contribution in [0.4, 0.5) is 0 Å². The average molecular weight is 486 g/mol. The van der Waals surface area contributed by atoms with Gasteiger partial charge in [-0.3, -0.25) is 4.90 Å². The van der Waals surface area contributed by atoms with Gasteiger partial charge in [0.1, 0.15) is 11.6 Å². The zero-order valence-corrected chi connectivity index (χ0v) is 21.1. The van der Waals surface area contributed by atoms with Crippen molar-refractivity contribution in [3.63, 3.8) is 0 Å². The molecule has 0 amide bonds. The lowest BCUT2D eigenvalue weighted by atomic mass is 10.0. The molecule has 1 aromatic rings. The number of piperidine rings is 2. The molecule has 186 valence electrons. The maximum absolute atomic E-state index is 12.6. The SMILES string of the molecule is N#CCS(=O)(=O)/C=C1\N(CCCN2CCCCC2)CCN1C1CCN(Cc2ccccc2)CC1. The molecule has 8 heteroatoms. The van der Waals surface area contributed by atoms with Crippen LogP contribution in [0, 0.1) is 11.3 Å². The summed E-state index contributed by atoms with van der Waals surface area (Å²) in [5.41, 5.74) is 1.34. The van der Waals surface area contributed by atoms with Crippen molar-refractivity contribution < 1.29 is 8.42 Å². The van der Waals surface area contributed by atoms with Gasteiger partial charge < -0.3 is 14.7 Å². The fraction of sp³-hybridized carbons (Fsp3) is 0.654. The van der Waals surface area contributed by atoms with Crippen molar-refractivity contribution >= 4 is 9.84 Å². The number of hydrogen-bond acceptors (Lipinski definition) is 7. The minimum Gasteiger partial charge on any atom is -0.356 e. The molecule has 3 aliphatic heterocycles. The topological polar surface area (TPSA) is 70.9 Å². The fourth-order valence-electron chi connectivity index (χ4n) is 5.57. The van der Waals surface area contributed by atoms with Gasteiger partial charge in [-0.1, -0.05) is 36.8 Å². The lowest BCUT2D eigenvalue weighted by Crippen LogP contribution is -2.43. The second-order valence-corrected chi connectivity index (χ2v) is 11.7. The molecule has 0 atom stereocenters. The molecule has 0 saturated carbocycles. The van der Waals surface area contributed by atoms with Crippen LogP contribution in [0.2, 0.25) is 0 Å². The van der Waals surface area contributed by atoms with Crippen LogP contribution in [0.5, 0.6) is 0 Å². The largest absolute Gasteiger partial charge is 0.356 e. The number of sulfone groups is 1. The maximum Gasteiger partial charge on any atom is 0.188 e. The second kappa shape index (κ2) is 12.1. The summed E-state index contributed by atoms with van der Waals surface area (Å²) in [5.74, 6) is 0.358. The van der Waals surface area contributed by atoms with Crippen LogP contribution in [-0.2, 0) is 16.4 Å². The first-order valence-corrected chi connectivity index (χ1v) is 14.6. The highest BCUT2D eigenvalue weighted by Gasteiger charge is 2.33. The summed E-state index contributed by atoms with van der Waals surface area (Å²) in [6.45, 7) is 9.04. The summed E-state index contributed by atoms with van der Waals surface area (Å²) in [6.07, 6.45) is 7.02. The van der Waals surface area contributed by atoms with E-state index in [1.807, 2.05) is 6.07 Å². The van der Waals surface area contributed by atoms with Gasteiger partial charge in [0.15, 0.2) is 9.84 Å². The number of likely N-dealkylation sites (tertiary alicyclic amines) is 2. The van der Waals surface area contributed by atoms with Gasteiger partial charge >= 0.3 is 0 Å². The van der Waals surface area contributed by atoms with E-state index in [9.17, 15) is 8.42 Å². The van der Waals surface area contributed by atoms with Gasteiger partial charge in [0.25, 0.3) is 0 Å². The first-order chi connectivity index (χ1) is 16.5. The van der Waals surface area contributed by atoms with Crippen LogP contribution in [0.3, 0.4) is 0 Å². The molecule has 0 radical (unpaired) electrons. The molecule has 0 N–H and O–H groups in total. The molecule has 0 aliphatic carbocycles. The van der Waals surface area contributed by atoms with Crippen LogP contribution in [0.1, 0.15) is 44.1 Å². The van der Waals surface area contributed by atoms with E-state index >= 15 is 0 Å². The van der Waals surface area contributed by atoms with E-state index in [0.717, 1.165) is 70.9 Å². The molecule has 4 rings (SSSR count). The number of nitriles is 1. The van der Waals surface area contributed by atoms with Crippen LogP contribution >= 0.6 is 0 Å². The Balaban J connectivity index is 1.37. The zero-order valence-electron chi connectivity index (χ0n) is 20.3. The maximum atomic E-state index is 12.6. The minimum absolute atomic E-state index is 0.350. The van der Waals surface area contributed by atoms with Crippen molar-refractivity contribution in [3.05, 3.63) is 47.1 Å². The molecule has 1 aromatic carbocycles. The highest BCUT2D eigenvalue weighted by atomic mass is 32.2. The van der Waals surface area contributed by atoms with Crippen molar-refractivity contribution in [1.82, 2.24) is 19.6 Å². The normalized spacial score (nSPS) is 22.4. The Morgan fingerprint density at radius 2 is 1.65 bits per heavy atom. The molecule has 34 heavy (non-hydrogen) atoms. The van der Waals surface area contributed by atoms with Gasteiger partial charge in [-0.05, 0) is 57.3 Å². The van der Waals surface area contributed by atoms with Crippen LogP contribution in [0.25, 0.3) is 0 Å². The molecular weight excluding hydrogens is 446 g/mol. The smallest absolute Gasteiger partial charge is 0.188 e. The lowest BCUT2D eigenvalue weighted by Gasteiger charge is -2.38. The minimum atomic E-state index is -3.54. The summed E-state index contributed by atoms with van der Waals surface area (Å²) in [4.78, 5) is 9.59. The molecule has 0 bridgehead atoms. The Labute approximate surface area is 205 Å². The Morgan fingerprint density at radius 1 is 0.912 bits per heavy atom. The van der Waals surface area contributed by atoms with E-state index < -0.39 is 15.6 Å². The predicted molar refractivity (Wildman–Crippen MR) is 135 cm³/mol. The average Bonchev–Trinajstić information content (AvgIpc) is 3.22. The molecule has 3 aliphatic rings. The van der Waals surface area contributed by atoms with Crippen molar-refractivity contribution in [2.24, 2.45) is 0 Å². The molecule has 3 fully saturated rings. The standard InChI is InChI=1S/C26H39N5O2S/c27-12-21-34(32,33)23-26-30(16-7-15-28-13-5-2-6-14-28)19-20-31(26)25-10-17-29(18-11-25)22-24-8-3-1-4-9-24/h1,3-4,8-9,23,25H,2,5-7,10-11,13-22H2/b26-23+. The van der Waals surface area contributed by atoms with Crippen LogP contribution < -0.4 is 0 Å².